The van der Waals surface area contributed by atoms with Crippen LogP contribution in [0.2, 0.25) is 0 Å². The first kappa shape index (κ1) is 17.2. The molecule has 0 aliphatic heterocycles. The Hall–Kier alpha value is -4.68. The molecular formula is C25H18N4O2. The second kappa shape index (κ2) is 11.4. The number of aromatic nitrogens is 4. The Morgan fingerprint density at radius 3 is 1.94 bits per heavy atom. The third-order valence-corrected chi connectivity index (χ3v) is 3.55. The Bertz CT molecular complexity index is 1340. The molecule has 0 saturated heterocycles. The molecule has 4 rings (SSSR count). The maximum atomic E-state index is 9.16. The van der Waals surface area contributed by atoms with Gasteiger partial charge < -0.3 is 9.84 Å². The van der Waals surface area contributed by atoms with Crippen LogP contribution in [0.3, 0.4) is 0 Å². The fourth-order valence-corrected chi connectivity index (χ4v) is 2.18. The van der Waals surface area contributed by atoms with E-state index >= 15 is 0 Å². The van der Waals surface area contributed by atoms with Crippen LogP contribution in [0.25, 0.3) is 0 Å². The van der Waals surface area contributed by atoms with Crippen LogP contribution in [0.5, 0.6) is 11.5 Å². The zero-order chi connectivity index (χ0) is 24.2. The summed E-state index contributed by atoms with van der Waals surface area (Å²) in [6.07, 6.45) is 9.16. The molecule has 6 heteroatoms. The van der Waals surface area contributed by atoms with E-state index in [1.54, 1.807) is 36.8 Å². The molecule has 0 aliphatic rings. The lowest BCUT2D eigenvalue weighted by Crippen LogP contribution is -1.86. The number of methoxy groups -OCH3 is 1. The Morgan fingerprint density at radius 1 is 0.774 bits per heavy atom. The number of pyridine rings is 4. The van der Waals surface area contributed by atoms with Crippen LogP contribution in [0.15, 0.2) is 85.7 Å². The van der Waals surface area contributed by atoms with E-state index in [1.165, 1.54) is 24.7 Å². The maximum absolute atomic E-state index is 9.16. The molecule has 150 valence electrons. The lowest BCUT2D eigenvalue weighted by atomic mass is 10.2. The molecule has 0 saturated carbocycles. The molecule has 0 unspecified atom stereocenters. The summed E-state index contributed by atoms with van der Waals surface area (Å²) < 4.78 is 25.8. The molecule has 0 aliphatic carbocycles. The summed E-state index contributed by atoms with van der Waals surface area (Å²) in [4.78, 5) is 15.8. The topological polar surface area (TPSA) is 81.0 Å². The van der Waals surface area contributed by atoms with Crippen LogP contribution in [0.4, 0.5) is 0 Å². The molecule has 6 nitrogen and oxygen atoms in total. The lowest BCUT2D eigenvalue weighted by molar-refractivity contribution is 0.413. The van der Waals surface area contributed by atoms with Crippen LogP contribution >= 0.6 is 0 Å². The molecule has 0 aromatic carbocycles. The summed E-state index contributed by atoms with van der Waals surface area (Å²) in [7, 11) is -2.49. The molecule has 0 radical (unpaired) electrons. The van der Waals surface area contributed by atoms with Gasteiger partial charge in [-0.15, -0.1) is 0 Å². The highest BCUT2D eigenvalue weighted by Gasteiger charge is 1.93. The molecule has 0 amide bonds. The summed E-state index contributed by atoms with van der Waals surface area (Å²) in [5, 5.41) is 9.16. The molecule has 0 atom stereocenters. The molecule has 0 spiro atoms. The first-order chi connectivity index (χ1) is 16.4. The molecule has 4 heterocycles. The zero-order valence-corrected chi connectivity index (χ0v) is 16.2. The first-order valence-corrected chi connectivity index (χ1v) is 9.02. The standard InChI is InChI=1S/C13H10N2O.C12H8N2O/c1-16-13-8-11(9-14-10-13)5-6-12-4-2-3-7-15-12;15-12-7-10(8-13-9-12)4-5-11-3-1-2-6-14-11/h2-4,7-10H,1H3;1-3,6-9,15H/i1T3;. The number of aromatic hydroxyl groups is 1. The number of hydrogen-bond donors (Lipinski definition) is 1. The normalized spacial score (nSPS) is 10.9. The quantitative estimate of drug-likeness (QED) is 0.482. The van der Waals surface area contributed by atoms with Crippen molar-refractivity contribution in [2.24, 2.45) is 0 Å². The van der Waals surface area contributed by atoms with E-state index in [4.69, 9.17) is 14.0 Å². The van der Waals surface area contributed by atoms with Gasteiger partial charge in [-0.2, -0.15) is 0 Å². The van der Waals surface area contributed by atoms with Crippen LogP contribution in [0, 0.1) is 23.7 Å². The Labute approximate surface area is 184 Å². The van der Waals surface area contributed by atoms with Gasteiger partial charge in [0.05, 0.1) is 23.5 Å². The summed E-state index contributed by atoms with van der Waals surface area (Å²) >= 11 is 0. The van der Waals surface area contributed by atoms with E-state index in [-0.39, 0.29) is 11.5 Å². The first-order valence-electron chi connectivity index (χ1n) is 10.5. The summed E-state index contributed by atoms with van der Waals surface area (Å²) in [6, 6.07) is 14.0. The number of ether oxygens (including phenoxy) is 1. The molecule has 0 bridgehead atoms. The predicted octanol–water partition coefficient (Wildman–Crippen LogP) is 3.47. The van der Waals surface area contributed by atoms with E-state index in [1.807, 2.05) is 24.3 Å². The summed E-state index contributed by atoms with van der Waals surface area (Å²) in [5.41, 5.74) is 2.55. The SMILES string of the molecule is Oc1cncc(C#Cc2ccccn2)c1.[3H]C([3H])([3H])Oc1cncc(C#Cc2ccccn2)c1. The minimum atomic E-state index is -2.49. The van der Waals surface area contributed by atoms with Crippen LogP contribution in [-0.4, -0.2) is 32.1 Å². The number of nitrogens with zero attached hydrogens (tertiary/aromatic N) is 4. The third kappa shape index (κ3) is 7.34. The second-order valence-corrected chi connectivity index (χ2v) is 5.87. The molecule has 1 N–H and O–H groups in total. The van der Waals surface area contributed by atoms with Crippen molar-refractivity contribution >= 4 is 0 Å². The Kier molecular flexibility index (Phi) is 6.30. The van der Waals surface area contributed by atoms with Crippen molar-refractivity contribution in [2.45, 2.75) is 0 Å². The van der Waals surface area contributed by atoms with Crippen molar-refractivity contribution in [2.75, 3.05) is 7.04 Å². The minimum Gasteiger partial charge on any atom is -0.506 e. The third-order valence-electron chi connectivity index (χ3n) is 3.55. The van der Waals surface area contributed by atoms with E-state index in [0.29, 0.717) is 22.5 Å². The Morgan fingerprint density at radius 2 is 1.39 bits per heavy atom. The predicted molar refractivity (Wildman–Crippen MR) is 117 cm³/mol. The average molecular weight is 412 g/mol. The van der Waals surface area contributed by atoms with Crippen molar-refractivity contribution in [3.63, 3.8) is 0 Å². The van der Waals surface area contributed by atoms with Gasteiger partial charge in [-0.3, -0.25) is 9.97 Å². The van der Waals surface area contributed by atoms with Crippen molar-refractivity contribution in [1.29, 1.82) is 0 Å². The van der Waals surface area contributed by atoms with E-state index in [9.17, 15) is 0 Å². The zero-order valence-electron chi connectivity index (χ0n) is 19.2. The molecule has 31 heavy (non-hydrogen) atoms. The van der Waals surface area contributed by atoms with Gasteiger partial charge >= 0.3 is 0 Å². The minimum absolute atomic E-state index is 0.114. The summed E-state index contributed by atoms with van der Waals surface area (Å²) in [6.45, 7) is 0. The van der Waals surface area contributed by atoms with Gasteiger partial charge in [-0.1, -0.05) is 24.0 Å². The number of rotatable bonds is 1. The molecule has 0 fully saturated rings. The van der Waals surface area contributed by atoms with Gasteiger partial charge in [0.25, 0.3) is 0 Å². The largest absolute Gasteiger partial charge is 0.506 e. The molecule has 4 aromatic heterocycles. The fourth-order valence-electron chi connectivity index (χ4n) is 2.18. The average Bonchev–Trinajstić information content (AvgIpc) is 2.82. The monoisotopic (exact) mass is 412 g/mol. The smallest absolute Gasteiger partial charge is 0.138 e. The maximum Gasteiger partial charge on any atom is 0.138 e. The van der Waals surface area contributed by atoms with E-state index < -0.39 is 7.04 Å². The van der Waals surface area contributed by atoms with Crippen molar-refractivity contribution < 1.29 is 14.0 Å². The van der Waals surface area contributed by atoms with Gasteiger partial charge in [0, 0.05) is 35.9 Å². The van der Waals surface area contributed by atoms with Gasteiger partial charge in [0.15, 0.2) is 0 Å². The fraction of sp³-hybridized carbons (Fsp3) is 0.0400. The van der Waals surface area contributed by atoms with Crippen molar-refractivity contribution in [3.8, 4) is 35.2 Å². The van der Waals surface area contributed by atoms with Gasteiger partial charge in [-0.25, -0.2) is 9.97 Å². The summed E-state index contributed by atoms with van der Waals surface area (Å²) in [5.74, 6) is 11.7. The van der Waals surface area contributed by atoms with Crippen LogP contribution in [-0.2, 0) is 0 Å². The van der Waals surface area contributed by atoms with Gasteiger partial charge in [0.2, 0.25) is 0 Å². The molecule has 4 aromatic rings. The highest BCUT2D eigenvalue weighted by Crippen LogP contribution is 2.09. The number of hydrogen-bond acceptors (Lipinski definition) is 6. The van der Waals surface area contributed by atoms with Crippen molar-refractivity contribution in [3.05, 3.63) is 108 Å². The van der Waals surface area contributed by atoms with Gasteiger partial charge in [-0.05, 0) is 48.2 Å². The highest BCUT2D eigenvalue weighted by molar-refractivity contribution is 5.42. The second-order valence-electron chi connectivity index (χ2n) is 5.87. The van der Waals surface area contributed by atoms with Gasteiger partial charge in [0.1, 0.15) is 22.9 Å². The van der Waals surface area contributed by atoms with E-state index in [2.05, 4.69) is 43.6 Å². The van der Waals surface area contributed by atoms with Crippen LogP contribution < -0.4 is 4.74 Å². The molecular weight excluding hydrogens is 388 g/mol. The van der Waals surface area contributed by atoms with E-state index in [0.717, 1.165) is 0 Å². The highest BCUT2D eigenvalue weighted by atomic mass is 16.5. The van der Waals surface area contributed by atoms with Crippen LogP contribution in [0.1, 0.15) is 26.6 Å². The Balaban J connectivity index is 0.000000196. The lowest BCUT2D eigenvalue weighted by Gasteiger charge is -1.97. The van der Waals surface area contributed by atoms with Crippen molar-refractivity contribution in [1.82, 2.24) is 19.9 Å².